The number of benzene rings is 5. The van der Waals surface area contributed by atoms with Crippen molar-refractivity contribution in [2.24, 2.45) is 0 Å². The molecule has 142 valence electrons. The molecule has 0 atom stereocenters. The van der Waals surface area contributed by atoms with Crippen LogP contribution in [0.3, 0.4) is 0 Å². The summed E-state index contributed by atoms with van der Waals surface area (Å²) in [4.78, 5) is 4.24. The average molecular weight is 513 g/mol. The highest BCUT2D eigenvalue weighted by Crippen LogP contribution is 2.44. The second-order valence-electron chi connectivity index (χ2n) is 7.52. The molecule has 3 heteroatoms. The number of hydrogen-bond donors (Lipinski definition) is 0. The van der Waals surface area contributed by atoms with Gasteiger partial charge in [0.1, 0.15) is 0 Å². The molecule has 0 saturated carbocycles. The normalized spacial score (nSPS) is 11.7. The van der Waals surface area contributed by atoms with Crippen molar-refractivity contribution >= 4 is 64.2 Å². The molecule has 0 aliphatic rings. The first-order valence-corrected chi connectivity index (χ1v) is 11.4. The Morgan fingerprint density at radius 1 is 0.567 bits per heavy atom. The van der Waals surface area contributed by atoms with Crippen molar-refractivity contribution in [3.63, 3.8) is 0 Å². The standard InChI is InChI=1S/C27H15Br2N/c28-24-12-8-18-7-9-22-25(29)14-23(20-10-11-21(24)26(18)27(20)22)17-5-3-16(4-6-17)19-2-1-13-30-15-19/h1-15H. The van der Waals surface area contributed by atoms with Crippen molar-refractivity contribution in [3.8, 4) is 22.3 Å². The van der Waals surface area contributed by atoms with Crippen LogP contribution >= 0.6 is 31.9 Å². The van der Waals surface area contributed by atoms with Crippen LogP contribution in [0.1, 0.15) is 0 Å². The summed E-state index contributed by atoms with van der Waals surface area (Å²) < 4.78 is 2.25. The molecule has 1 aromatic heterocycles. The summed E-state index contributed by atoms with van der Waals surface area (Å²) in [5, 5.41) is 7.67. The number of aromatic nitrogens is 1. The molecule has 0 aliphatic heterocycles. The first kappa shape index (κ1) is 18.1. The molecule has 0 amide bonds. The molecular weight excluding hydrogens is 498 g/mol. The highest BCUT2D eigenvalue weighted by molar-refractivity contribution is 9.11. The predicted molar refractivity (Wildman–Crippen MR) is 134 cm³/mol. The number of halogens is 2. The Morgan fingerprint density at radius 2 is 1.27 bits per heavy atom. The largest absolute Gasteiger partial charge is 0.264 e. The topological polar surface area (TPSA) is 12.9 Å². The zero-order valence-corrected chi connectivity index (χ0v) is 19.0. The molecule has 6 aromatic rings. The van der Waals surface area contributed by atoms with Crippen LogP contribution in [0.15, 0.2) is 100 Å². The Kier molecular flexibility index (Phi) is 4.15. The first-order chi connectivity index (χ1) is 14.7. The van der Waals surface area contributed by atoms with E-state index >= 15 is 0 Å². The minimum atomic E-state index is 1.12. The Morgan fingerprint density at radius 3 is 2.07 bits per heavy atom. The highest BCUT2D eigenvalue weighted by Gasteiger charge is 2.15. The van der Waals surface area contributed by atoms with Crippen LogP contribution in [0.5, 0.6) is 0 Å². The summed E-state index contributed by atoms with van der Waals surface area (Å²) >= 11 is 7.58. The third-order valence-corrected chi connectivity index (χ3v) is 7.22. The maximum absolute atomic E-state index is 4.24. The fraction of sp³-hybridized carbons (Fsp3) is 0. The van der Waals surface area contributed by atoms with Gasteiger partial charge in [0.25, 0.3) is 0 Å². The van der Waals surface area contributed by atoms with Crippen molar-refractivity contribution in [1.29, 1.82) is 0 Å². The van der Waals surface area contributed by atoms with E-state index in [9.17, 15) is 0 Å². The molecule has 0 N–H and O–H groups in total. The molecule has 0 unspecified atom stereocenters. The van der Waals surface area contributed by atoms with Crippen molar-refractivity contribution < 1.29 is 0 Å². The van der Waals surface area contributed by atoms with E-state index in [-0.39, 0.29) is 0 Å². The molecule has 0 radical (unpaired) electrons. The third-order valence-electron chi connectivity index (χ3n) is 5.87. The molecule has 0 fully saturated rings. The number of hydrogen-bond acceptors (Lipinski definition) is 1. The van der Waals surface area contributed by atoms with Gasteiger partial charge in [0.15, 0.2) is 0 Å². The molecule has 5 aromatic carbocycles. The summed E-state index contributed by atoms with van der Waals surface area (Å²) in [7, 11) is 0. The van der Waals surface area contributed by atoms with Gasteiger partial charge in [-0.25, -0.2) is 0 Å². The molecule has 0 spiro atoms. The Bertz CT molecular complexity index is 1540. The van der Waals surface area contributed by atoms with Crippen molar-refractivity contribution in [2.75, 3.05) is 0 Å². The minimum absolute atomic E-state index is 1.12. The molecule has 30 heavy (non-hydrogen) atoms. The SMILES string of the molecule is Brc1ccc2ccc3c(Br)cc(-c4ccc(-c5cccnc5)cc4)c4ccc1c2c34. The maximum atomic E-state index is 4.24. The number of nitrogens with zero attached hydrogens (tertiary/aromatic N) is 1. The van der Waals surface area contributed by atoms with E-state index in [1.807, 2.05) is 12.3 Å². The highest BCUT2D eigenvalue weighted by atomic mass is 79.9. The van der Waals surface area contributed by atoms with E-state index in [0.717, 1.165) is 14.5 Å². The minimum Gasteiger partial charge on any atom is -0.264 e. The van der Waals surface area contributed by atoms with Crippen molar-refractivity contribution in [2.45, 2.75) is 0 Å². The lowest BCUT2D eigenvalue weighted by Gasteiger charge is -2.16. The van der Waals surface area contributed by atoms with E-state index in [2.05, 4.69) is 110 Å². The zero-order valence-electron chi connectivity index (χ0n) is 15.9. The van der Waals surface area contributed by atoms with Crippen LogP contribution in [-0.4, -0.2) is 4.98 Å². The second kappa shape index (κ2) is 6.90. The van der Waals surface area contributed by atoms with Crippen LogP contribution in [0, 0.1) is 0 Å². The molecule has 6 rings (SSSR count). The van der Waals surface area contributed by atoms with Crippen molar-refractivity contribution in [1.82, 2.24) is 4.98 Å². The summed E-state index contributed by atoms with van der Waals surface area (Å²) in [5.41, 5.74) is 4.75. The molecule has 0 saturated heterocycles. The molecule has 1 heterocycles. The lowest BCUT2D eigenvalue weighted by Crippen LogP contribution is -1.89. The lowest BCUT2D eigenvalue weighted by molar-refractivity contribution is 1.33. The van der Waals surface area contributed by atoms with Crippen LogP contribution < -0.4 is 0 Å². The molecule has 0 bridgehead atoms. The second-order valence-corrected chi connectivity index (χ2v) is 9.23. The third kappa shape index (κ3) is 2.69. The van der Waals surface area contributed by atoms with E-state index in [4.69, 9.17) is 0 Å². The molecular formula is C27H15Br2N. The van der Waals surface area contributed by atoms with Gasteiger partial charge in [0.05, 0.1) is 0 Å². The monoisotopic (exact) mass is 511 g/mol. The van der Waals surface area contributed by atoms with E-state index in [0.29, 0.717) is 0 Å². The smallest absolute Gasteiger partial charge is 0.0346 e. The van der Waals surface area contributed by atoms with Gasteiger partial charge in [-0.05, 0) is 72.8 Å². The fourth-order valence-corrected chi connectivity index (χ4v) is 5.45. The Labute approximate surface area is 191 Å². The number of pyridine rings is 1. The van der Waals surface area contributed by atoms with Gasteiger partial charge in [-0.3, -0.25) is 4.98 Å². The Balaban J connectivity index is 1.63. The lowest BCUT2D eigenvalue weighted by atomic mass is 9.89. The fourth-order valence-electron chi connectivity index (χ4n) is 4.43. The predicted octanol–water partition coefficient (Wildman–Crippen LogP) is 8.84. The summed E-state index contributed by atoms with van der Waals surface area (Å²) in [6.45, 7) is 0. The first-order valence-electron chi connectivity index (χ1n) is 9.77. The maximum Gasteiger partial charge on any atom is 0.0346 e. The van der Waals surface area contributed by atoms with Crippen LogP contribution in [0.25, 0.3) is 54.6 Å². The van der Waals surface area contributed by atoms with Gasteiger partial charge in [-0.2, -0.15) is 0 Å². The van der Waals surface area contributed by atoms with Crippen molar-refractivity contribution in [3.05, 3.63) is 100 Å². The van der Waals surface area contributed by atoms with Crippen LogP contribution in [0.4, 0.5) is 0 Å². The van der Waals surface area contributed by atoms with E-state index in [1.54, 1.807) is 6.20 Å². The summed E-state index contributed by atoms with van der Waals surface area (Å²) in [5.74, 6) is 0. The summed E-state index contributed by atoms with van der Waals surface area (Å²) in [6.07, 6.45) is 3.71. The quantitative estimate of drug-likeness (QED) is 0.211. The molecule has 0 aliphatic carbocycles. The van der Waals surface area contributed by atoms with E-state index in [1.165, 1.54) is 49.0 Å². The van der Waals surface area contributed by atoms with Gasteiger partial charge in [0.2, 0.25) is 0 Å². The van der Waals surface area contributed by atoms with Gasteiger partial charge in [0, 0.05) is 21.3 Å². The summed E-state index contributed by atoms with van der Waals surface area (Å²) in [6, 6.07) is 28.3. The Hall–Kier alpha value is -2.75. The van der Waals surface area contributed by atoms with Crippen LogP contribution in [-0.2, 0) is 0 Å². The zero-order chi connectivity index (χ0) is 20.2. The molecule has 1 nitrogen and oxygen atoms in total. The van der Waals surface area contributed by atoms with Gasteiger partial charge >= 0.3 is 0 Å². The van der Waals surface area contributed by atoms with E-state index < -0.39 is 0 Å². The average Bonchev–Trinajstić information content (AvgIpc) is 2.80. The van der Waals surface area contributed by atoms with Gasteiger partial charge in [-0.15, -0.1) is 0 Å². The van der Waals surface area contributed by atoms with Gasteiger partial charge < -0.3 is 0 Å². The number of rotatable bonds is 2. The van der Waals surface area contributed by atoms with Gasteiger partial charge in [-0.1, -0.05) is 92.5 Å². The van der Waals surface area contributed by atoms with Crippen LogP contribution in [0.2, 0.25) is 0 Å².